The summed E-state index contributed by atoms with van der Waals surface area (Å²) in [6, 6.07) is 5.54. The molecule has 2 aliphatic heterocycles. The molecule has 8 nitrogen and oxygen atoms in total. The van der Waals surface area contributed by atoms with Crippen molar-refractivity contribution in [2.24, 2.45) is 0 Å². The standard InChI is InChI=1S/C21H29N3O5S/c1-27-19(25)14-11-15(20(26)28-2)13-17(12-14)23-21(30)22-16-3-7-24(8-4-16)18-5-9-29-10-6-18/h11-13,16,18H,3-10H2,1-2H3,(H2,22,23,30). The number of rotatable bonds is 5. The lowest BCUT2D eigenvalue weighted by Gasteiger charge is -2.39. The van der Waals surface area contributed by atoms with E-state index in [9.17, 15) is 9.59 Å². The van der Waals surface area contributed by atoms with Crippen molar-refractivity contribution in [3.05, 3.63) is 29.3 Å². The quantitative estimate of drug-likeness (QED) is 0.534. The Morgan fingerprint density at radius 2 is 1.57 bits per heavy atom. The van der Waals surface area contributed by atoms with Crippen molar-refractivity contribution in [3.8, 4) is 0 Å². The van der Waals surface area contributed by atoms with Crippen LogP contribution in [0.1, 0.15) is 46.4 Å². The number of carbonyl (C=O) groups is 2. The van der Waals surface area contributed by atoms with Crippen LogP contribution in [0.25, 0.3) is 0 Å². The number of piperidine rings is 1. The van der Waals surface area contributed by atoms with Crippen molar-refractivity contribution in [1.82, 2.24) is 10.2 Å². The summed E-state index contributed by atoms with van der Waals surface area (Å²) in [5, 5.41) is 6.89. The Kier molecular flexibility index (Phi) is 8.01. The van der Waals surface area contributed by atoms with Gasteiger partial charge in [-0.15, -0.1) is 0 Å². The van der Waals surface area contributed by atoms with E-state index in [-0.39, 0.29) is 17.2 Å². The Labute approximate surface area is 182 Å². The van der Waals surface area contributed by atoms with Crippen molar-refractivity contribution in [2.75, 3.05) is 45.8 Å². The van der Waals surface area contributed by atoms with Gasteiger partial charge in [0, 0.05) is 44.1 Å². The molecule has 0 amide bonds. The highest BCUT2D eigenvalue weighted by Crippen LogP contribution is 2.21. The van der Waals surface area contributed by atoms with Gasteiger partial charge in [0.2, 0.25) is 0 Å². The number of nitrogens with zero attached hydrogens (tertiary/aromatic N) is 1. The number of hydrogen-bond acceptors (Lipinski definition) is 7. The lowest BCUT2D eigenvalue weighted by atomic mass is 10.00. The normalized spacial score (nSPS) is 18.5. The molecule has 0 aliphatic carbocycles. The third-order valence-electron chi connectivity index (χ3n) is 5.61. The van der Waals surface area contributed by atoms with Crippen molar-refractivity contribution in [3.63, 3.8) is 0 Å². The fourth-order valence-corrected chi connectivity index (χ4v) is 4.27. The van der Waals surface area contributed by atoms with Crippen LogP contribution < -0.4 is 10.6 Å². The number of thiocarbonyl (C=S) groups is 1. The molecule has 0 bridgehead atoms. The first-order chi connectivity index (χ1) is 14.5. The van der Waals surface area contributed by atoms with Gasteiger partial charge in [-0.3, -0.25) is 0 Å². The summed E-state index contributed by atoms with van der Waals surface area (Å²) in [5.74, 6) is -1.08. The zero-order valence-electron chi connectivity index (χ0n) is 17.4. The Hall–Kier alpha value is -2.23. The minimum absolute atomic E-state index is 0.246. The van der Waals surface area contributed by atoms with Crippen LogP contribution in [0.5, 0.6) is 0 Å². The molecule has 0 radical (unpaired) electrons. The van der Waals surface area contributed by atoms with Gasteiger partial charge in [-0.2, -0.15) is 0 Å². The minimum atomic E-state index is -0.539. The minimum Gasteiger partial charge on any atom is -0.465 e. The SMILES string of the molecule is COC(=O)c1cc(NC(=S)NC2CCN(C3CCOCC3)CC2)cc(C(=O)OC)c1. The average molecular weight is 436 g/mol. The Morgan fingerprint density at radius 1 is 1.00 bits per heavy atom. The predicted octanol–water partition coefficient (Wildman–Crippen LogP) is 2.19. The first kappa shape index (κ1) is 22.5. The van der Waals surface area contributed by atoms with E-state index in [2.05, 4.69) is 15.5 Å². The Balaban J connectivity index is 1.56. The predicted molar refractivity (Wildman–Crippen MR) is 117 cm³/mol. The van der Waals surface area contributed by atoms with Crippen molar-refractivity contribution in [1.29, 1.82) is 0 Å². The molecule has 0 aromatic heterocycles. The fraction of sp³-hybridized carbons (Fsp3) is 0.571. The van der Waals surface area contributed by atoms with Gasteiger partial charge in [-0.1, -0.05) is 0 Å². The summed E-state index contributed by atoms with van der Waals surface area (Å²) in [6.07, 6.45) is 4.23. The summed E-state index contributed by atoms with van der Waals surface area (Å²) in [5.41, 5.74) is 1.02. The molecule has 1 aromatic carbocycles. The molecule has 1 aromatic rings. The highest BCUT2D eigenvalue weighted by Gasteiger charge is 2.26. The van der Waals surface area contributed by atoms with Crippen LogP contribution in [0.3, 0.4) is 0 Å². The molecule has 164 valence electrons. The Bertz CT molecular complexity index is 740. The second kappa shape index (κ2) is 10.7. The van der Waals surface area contributed by atoms with Crippen LogP contribution in [-0.2, 0) is 14.2 Å². The third-order valence-corrected chi connectivity index (χ3v) is 5.82. The van der Waals surface area contributed by atoms with Crippen molar-refractivity contribution >= 4 is 35.0 Å². The number of methoxy groups -OCH3 is 2. The summed E-state index contributed by atoms with van der Waals surface area (Å²) >= 11 is 5.46. The highest BCUT2D eigenvalue weighted by molar-refractivity contribution is 7.80. The molecule has 0 spiro atoms. The van der Waals surface area contributed by atoms with E-state index in [1.165, 1.54) is 20.3 Å². The average Bonchev–Trinajstić information content (AvgIpc) is 2.78. The first-order valence-electron chi connectivity index (χ1n) is 10.2. The summed E-state index contributed by atoms with van der Waals surface area (Å²) in [4.78, 5) is 26.4. The number of benzene rings is 1. The van der Waals surface area contributed by atoms with Crippen LogP contribution >= 0.6 is 12.2 Å². The molecular formula is C21H29N3O5S. The molecule has 2 N–H and O–H groups in total. The number of likely N-dealkylation sites (tertiary alicyclic amines) is 1. The van der Waals surface area contributed by atoms with Gasteiger partial charge in [0.25, 0.3) is 0 Å². The third kappa shape index (κ3) is 5.90. The number of ether oxygens (including phenoxy) is 3. The topological polar surface area (TPSA) is 89.1 Å². The van der Waals surface area contributed by atoms with E-state index >= 15 is 0 Å². The van der Waals surface area contributed by atoms with Crippen LogP contribution in [0.2, 0.25) is 0 Å². The van der Waals surface area contributed by atoms with E-state index in [4.69, 9.17) is 26.4 Å². The molecule has 2 aliphatic rings. The van der Waals surface area contributed by atoms with Gasteiger partial charge in [0.1, 0.15) is 0 Å². The maximum Gasteiger partial charge on any atom is 0.337 e. The van der Waals surface area contributed by atoms with Crippen molar-refractivity contribution in [2.45, 2.75) is 37.8 Å². The van der Waals surface area contributed by atoms with Crippen LogP contribution in [-0.4, -0.2) is 74.6 Å². The van der Waals surface area contributed by atoms with Crippen LogP contribution in [0.4, 0.5) is 5.69 Å². The van der Waals surface area contributed by atoms with E-state index in [1.54, 1.807) is 12.1 Å². The molecule has 2 heterocycles. The van der Waals surface area contributed by atoms with Gasteiger partial charge < -0.3 is 29.7 Å². The number of hydrogen-bond donors (Lipinski definition) is 2. The van der Waals surface area contributed by atoms with Gasteiger partial charge in [-0.25, -0.2) is 9.59 Å². The van der Waals surface area contributed by atoms with Gasteiger partial charge in [0.15, 0.2) is 5.11 Å². The van der Waals surface area contributed by atoms with E-state index in [0.29, 0.717) is 16.8 Å². The monoisotopic (exact) mass is 435 g/mol. The molecular weight excluding hydrogens is 406 g/mol. The summed E-state index contributed by atoms with van der Waals surface area (Å²) < 4.78 is 15.0. The molecule has 3 rings (SSSR count). The first-order valence-corrected chi connectivity index (χ1v) is 10.6. The maximum absolute atomic E-state index is 11.9. The zero-order chi connectivity index (χ0) is 21.5. The van der Waals surface area contributed by atoms with E-state index < -0.39 is 11.9 Å². The molecule has 0 saturated carbocycles. The highest BCUT2D eigenvalue weighted by atomic mass is 32.1. The second-order valence-corrected chi connectivity index (χ2v) is 7.94. The number of nitrogens with one attached hydrogen (secondary N) is 2. The van der Waals surface area contributed by atoms with Gasteiger partial charge >= 0.3 is 11.9 Å². The molecule has 9 heteroatoms. The maximum atomic E-state index is 11.9. The van der Waals surface area contributed by atoms with E-state index in [0.717, 1.165) is 52.0 Å². The molecule has 30 heavy (non-hydrogen) atoms. The smallest absolute Gasteiger partial charge is 0.337 e. The summed E-state index contributed by atoms with van der Waals surface area (Å²) in [7, 11) is 2.58. The largest absolute Gasteiger partial charge is 0.465 e. The fourth-order valence-electron chi connectivity index (χ4n) is 3.98. The molecule has 2 saturated heterocycles. The number of esters is 2. The second-order valence-electron chi connectivity index (χ2n) is 7.53. The van der Waals surface area contributed by atoms with Crippen molar-refractivity contribution < 1.29 is 23.8 Å². The van der Waals surface area contributed by atoms with Gasteiger partial charge in [0.05, 0.1) is 25.3 Å². The summed E-state index contributed by atoms with van der Waals surface area (Å²) in [6.45, 7) is 3.79. The molecule has 2 fully saturated rings. The number of carbonyl (C=O) groups excluding carboxylic acids is 2. The lowest BCUT2D eigenvalue weighted by Crippen LogP contribution is -2.49. The zero-order valence-corrected chi connectivity index (χ0v) is 18.3. The number of anilines is 1. The lowest BCUT2D eigenvalue weighted by molar-refractivity contribution is 0.0247. The molecule has 0 unspecified atom stereocenters. The van der Waals surface area contributed by atoms with Crippen LogP contribution in [0, 0.1) is 0 Å². The van der Waals surface area contributed by atoms with E-state index in [1.807, 2.05) is 0 Å². The Morgan fingerprint density at radius 3 is 2.10 bits per heavy atom. The van der Waals surface area contributed by atoms with Gasteiger partial charge in [-0.05, 0) is 56.1 Å². The molecule has 0 atom stereocenters. The van der Waals surface area contributed by atoms with Crippen LogP contribution in [0.15, 0.2) is 18.2 Å².